The third-order valence-corrected chi connectivity index (χ3v) is 5.49. The van der Waals surface area contributed by atoms with Crippen LogP contribution in [0.15, 0.2) is 47.6 Å². The third-order valence-electron chi connectivity index (χ3n) is 4.47. The second-order valence-corrected chi connectivity index (χ2v) is 7.68. The molecule has 0 unspecified atom stereocenters. The minimum atomic E-state index is -0.498. The number of halogens is 1. The van der Waals surface area contributed by atoms with E-state index in [1.54, 1.807) is 18.5 Å². The molecule has 2 aromatic carbocycles. The molecule has 0 bridgehead atoms. The van der Waals surface area contributed by atoms with Crippen molar-refractivity contribution in [2.24, 2.45) is 7.05 Å². The number of thioether (sulfide) groups is 1. The number of nitrogens with zero attached hydrogens (tertiary/aromatic N) is 4. The maximum absolute atomic E-state index is 13.0. The Kier molecular flexibility index (Phi) is 7.15. The Morgan fingerprint density at radius 3 is 2.56 bits per heavy atom. The van der Waals surface area contributed by atoms with Crippen LogP contribution < -0.4 is 10.6 Å². The number of carbonyl (C=O) groups excluding carboxylic acids is 2. The van der Waals surface area contributed by atoms with Crippen molar-refractivity contribution >= 4 is 35.0 Å². The van der Waals surface area contributed by atoms with Crippen molar-refractivity contribution in [3.05, 3.63) is 75.3 Å². The zero-order valence-electron chi connectivity index (χ0n) is 17.2. The van der Waals surface area contributed by atoms with Crippen LogP contribution in [0.3, 0.4) is 0 Å². The lowest BCUT2D eigenvalue weighted by molar-refractivity contribution is -0.384. The Morgan fingerprint density at radius 1 is 1.19 bits per heavy atom. The summed E-state index contributed by atoms with van der Waals surface area (Å²) in [4.78, 5) is 34.7. The summed E-state index contributed by atoms with van der Waals surface area (Å²) >= 11 is 1.16. The summed E-state index contributed by atoms with van der Waals surface area (Å²) in [6.45, 7) is 1.78. The van der Waals surface area contributed by atoms with Crippen LogP contribution in [-0.2, 0) is 18.4 Å². The summed E-state index contributed by atoms with van der Waals surface area (Å²) < 4.78 is 14.6. The fourth-order valence-electron chi connectivity index (χ4n) is 2.71. The van der Waals surface area contributed by atoms with E-state index in [2.05, 4.69) is 20.8 Å². The van der Waals surface area contributed by atoms with Gasteiger partial charge >= 0.3 is 0 Å². The first-order chi connectivity index (χ1) is 15.2. The van der Waals surface area contributed by atoms with E-state index in [1.165, 1.54) is 42.5 Å². The lowest BCUT2D eigenvalue weighted by Gasteiger charge is -2.08. The van der Waals surface area contributed by atoms with E-state index < -0.39 is 10.7 Å². The standard InChI is InChI=1S/C20H19FN6O4S/c1-12-9-15(27(30)31)7-8-16(12)23-18(28)11-32-20-25-24-17(26(20)2)10-22-19(29)13-3-5-14(21)6-4-13/h3-9H,10-11H2,1-2H3,(H,22,29)(H,23,28). The van der Waals surface area contributed by atoms with Gasteiger partial charge in [-0.15, -0.1) is 10.2 Å². The van der Waals surface area contributed by atoms with Crippen LogP contribution in [0.5, 0.6) is 0 Å². The quantitative estimate of drug-likeness (QED) is 0.301. The second kappa shape index (κ2) is 10.0. The number of non-ortho nitro benzene ring substituents is 1. The molecule has 0 fully saturated rings. The molecule has 2 N–H and O–H groups in total. The molecule has 2 amide bonds. The van der Waals surface area contributed by atoms with Crippen molar-refractivity contribution in [3.8, 4) is 0 Å². The van der Waals surface area contributed by atoms with E-state index in [1.807, 2.05) is 0 Å². The molecule has 0 aliphatic heterocycles. The van der Waals surface area contributed by atoms with Gasteiger partial charge in [-0.25, -0.2) is 4.39 Å². The number of rotatable bonds is 8. The van der Waals surface area contributed by atoms with E-state index in [9.17, 15) is 24.1 Å². The smallest absolute Gasteiger partial charge is 0.269 e. The number of carbonyl (C=O) groups is 2. The fourth-order valence-corrected chi connectivity index (χ4v) is 3.44. The molecule has 0 spiro atoms. The highest BCUT2D eigenvalue weighted by Crippen LogP contribution is 2.22. The van der Waals surface area contributed by atoms with Gasteiger partial charge in [0, 0.05) is 30.4 Å². The van der Waals surface area contributed by atoms with Gasteiger partial charge in [0.1, 0.15) is 5.82 Å². The van der Waals surface area contributed by atoms with Gasteiger partial charge in [0.2, 0.25) is 5.91 Å². The number of amides is 2. The Morgan fingerprint density at radius 2 is 1.91 bits per heavy atom. The molecule has 0 saturated heterocycles. The van der Waals surface area contributed by atoms with E-state index in [0.29, 0.717) is 27.8 Å². The third kappa shape index (κ3) is 5.66. The van der Waals surface area contributed by atoms with Crippen molar-refractivity contribution in [2.45, 2.75) is 18.6 Å². The Hall–Kier alpha value is -3.80. The molecule has 32 heavy (non-hydrogen) atoms. The largest absolute Gasteiger partial charge is 0.345 e. The molecule has 12 heteroatoms. The van der Waals surface area contributed by atoms with Crippen LogP contribution in [-0.4, -0.2) is 37.3 Å². The molecule has 0 saturated carbocycles. The van der Waals surface area contributed by atoms with Gasteiger partial charge in [-0.3, -0.25) is 19.7 Å². The summed E-state index contributed by atoms with van der Waals surface area (Å²) in [5, 5.41) is 24.7. The van der Waals surface area contributed by atoms with Crippen LogP contribution >= 0.6 is 11.8 Å². The Bertz CT molecular complexity index is 1170. The van der Waals surface area contributed by atoms with E-state index >= 15 is 0 Å². The maximum Gasteiger partial charge on any atom is 0.269 e. The highest BCUT2D eigenvalue weighted by Gasteiger charge is 2.14. The number of nitro groups is 1. The maximum atomic E-state index is 13.0. The summed E-state index contributed by atoms with van der Waals surface area (Å²) in [5.74, 6) is -0.579. The number of aromatic nitrogens is 3. The molecule has 1 heterocycles. The molecular formula is C20H19FN6O4S. The van der Waals surface area contributed by atoms with Crippen molar-refractivity contribution in [1.29, 1.82) is 0 Å². The van der Waals surface area contributed by atoms with E-state index in [0.717, 1.165) is 11.8 Å². The van der Waals surface area contributed by atoms with Gasteiger partial charge in [0.15, 0.2) is 11.0 Å². The molecule has 10 nitrogen and oxygen atoms in total. The van der Waals surface area contributed by atoms with Crippen LogP contribution in [0.4, 0.5) is 15.8 Å². The molecule has 0 atom stereocenters. The van der Waals surface area contributed by atoms with Crippen LogP contribution in [0, 0.1) is 22.9 Å². The normalized spacial score (nSPS) is 10.6. The number of aryl methyl sites for hydroxylation is 1. The molecule has 3 aromatic rings. The van der Waals surface area contributed by atoms with Crippen LogP contribution in [0.25, 0.3) is 0 Å². The van der Waals surface area contributed by atoms with Gasteiger partial charge < -0.3 is 15.2 Å². The van der Waals surface area contributed by atoms with Crippen LogP contribution in [0.2, 0.25) is 0 Å². The summed E-state index contributed by atoms with van der Waals surface area (Å²) in [6, 6.07) is 9.37. The first-order valence-electron chi connectivity index (χ1n) is 9.34. The molecular weight excluding hydrogens is 439 g/mol. The average molecular weight is 458 g/mol. The van der Waals surface area contributed by atoms with Gasteiger partial charge in [0.25, 0.3) is 11.6 Å². The predicted octanol–water partition coefficient (Wildman–Crippen LogP) is 2.83. The summed E-state index contributed by atoms with van der Waals surface area (Å²) in [6.07, 6.45) is 0. The fraction of sp³-hybridized carbons (Fsp3) is 0.200. The SMILES string of the molecule is Cc1cc([N+](=O)[O-])ccc1NC(=O)CSc1nnc(CNC(=O)c2ccc(F)cc2)n1C. The number of hydrogen-bond acceptors (Lipinski definition) is 7. The first-order valence-corrected chi connectivity index (χ1v) is 10.3. The number of nitrogens with one attached hydrogen (secondary N) is 2. The highest BCUT2D eigenvalue weighted by molar-refractivity contribution is 7.99. The number of hydrogen-bond donors (Lipinski definition) is 2. The summed E-state index contributed by atoms with van der Waals surface area (Å²) in [5.41, 5.74) is 1.34. The van der Waals surface area contributed by atoms with E-state index in [4.69, 9.17) is 0 Å². The zero-order valence-corrected chi connectivity index (χ0v) is 18.0. The lowest BCUT2D eigenvalue weighted by Crippen LogP contribution is -2.24. The van der Waals surface area contributed by atoms with Gasteiger partial charge in [-0.05, 0) is 42.8 Å². The minimum Gasteiger partial charge on any atom is -0.345 e. The summed E-state index contributed by atoms with van der Waals surface area (Å²) in [7, 11) is 1.71. The molecule has 0 aliphatic rings. The van der Waals surface area contributed by atoms with Crippen molar-refractivity contribution < 1.29 is 18.9 Å². The Balaban J connectivity index is 1.53. The lowest BCUT2D eigenvalue weighted by atomic mass is 10.2. The average Bonchev–Trinajstić information content (AvgIpc) is 3.11. The highest BCUT2D eigenvalue weighted by atomic mass is 32.2. The van der Waals surface area contributed by atoms with Crippen LogP contribution in [0.1, 0.15) is 21.7 Å². The zero-order chi connectivity index (χ0) is 23.3. The minimum absolute atomic E-state index is 0.0460. The number of nitro benzene ring substituents is 1. The number of benzene rings is 2. The molecule has 0 radical (unpaired) electrons. The first kappa shape index (κ1) is 22.9. The van der Waals surface area contributed by atoms with Crippen molar-refractivity contribution in [1.82, 2.24) is 20.1 Å². The van der Waals surface area contributed by atoms with Crippen molar-refractivity contribution in [2.75, 3.05) is 11.1 Å². The monoisotopic (exact) mass is 458 g/mol. The van der Waals surface area contributed by atoms with Gasteiger partial charge in [-0.1, -0.05) is 11.8 Å². The molecule has 3 rings (SSSR count). The predicted molar refractivity (Wildman–Crippen MR) is 116 cm³/mol. The van der Waals surface area contributed by atoms with E-state index in [-0.39, 0.29) is 29.8 Å². The second-order valence-electron chi connectivity index (χ2n) is 6.74. The molecule has 0 aliphatic carbocycles. The Labute approximate surface area is 186 Å². The topological polar surface area (TPSA) is 132 Å². The molecule has 166 valence electrons. The van der Waals surface area contributed by atoms with Gasteiger partial charge in [0.05, 0.1) is 17.2 Å². The molecule has 1 aromatic heterocycles. The van der Waals surface area contributed by atoms with Crippen molar-refractivity contribution in [3.63, 3.8) is 0 Å². The number of anilines is 1. The van der Waals surface area contributed by atoms with Gasteiger partial charge in [-0.2, -0.15) is 0 Å².